The van der Waals surface area contributed by atoms with Gasteiger partial charge in [-0.3, -0.25) is 4.79 Å². The van der Waals surface area contributed by atoms with Crippen molar-refractivity contribution >= 4 is 5.91 Å². The van der Waals surface area contributed by atoms with Crippen LogP contribution in [-0.2, 0) is 14.3 Å². The van der Waals surface area contributed by atoms with E-state index < -0.39 is 0 Å². The zero-order chi connectivity index (χ0) is 18.7. The summed E-state index contributed by atoms with van der Waals surface area (Å²) in [6.07, 6.45) is 4.90. The number of benzene rings is 1. The molecule has 1 heterocycles. The summed E-state index contributed by atoms with van der Waals surface area (Å²) in [5, 5.41) is 3.36. The molecule has 1 amide bonds. The van der Waals surface area contributed by atoms with Gasteiger partial charge in [0.2, 0.25) is 5.91 Å². The fourth-order valence-corrected chi connectivity index (χ4v) is 4.70. The van der Waals surface area contributed by atoms with Crippen LogP contribution in [0, 0.1) is 18.8 Å². The molecule has 0 unspecified atom stereocenters. The van der Waals surface area contributed by atoms with E-state index in [0.717, 1.165) is 19.3 Å². The van der Waals surface area contributed by atoms with E-state index in [1.807, 2.05) is 0 Å². The minimum Gasteiger partial charge on any atom is -0.384 e. The fraction of sp³-hybridized carbons (Fsp3) is 0.682. The summed E-state index contributed by atoms with van der Waals surface area (Å²) in [5.41, 5.74) is 2.23. The van der Waals surface area contributed by atoms with Gasteiger partial charge in [-0.15, -0.1) is 0 Å². The quantitative estimate of drug-likeness (QED) is 0.858. The van der Waals surface area contributed by atoms with E-state index in [2.05, 4.69) is 50.4 Å². The molecule has 0 bridgehead atoms. The van der Waals surface area contributed by atoms with Crippen molar-refractivity contribution in [3.05, 3.63) is 35.4 Å². The van der Waals surface area contributed by atoms with Gasteiger partial charge in [-0.25, -0.2) is 0 Å². The average molecular weight is 360 g/mol. The number of carbonyl (C=O) groups excluding carboxylic acids is 1. The Morgan fingerprint density at radius 2 is 2.04 bits per heavy atom. The van der Waals surface area contributed by atoms with Crippen LogP contribution in [0.25, 0.3) is 0 Å². The van der Waals surface area contributed by atoms with Gasteiger partial charge in [0.15, 0.2) is 0 Å². The number of nitrogens with one attached hydrogen (secondary N) is 1. The summed E-state index contributed by atoms with van der Waals surface area (Å²) in [7, 11) is 1.63. The molecule has 144 valence electrons. The van der Waals surface area contributed by atoms with Crippen LogP contribution in [-0.4, -0.2) is 31.3 Å². The molecule has 5 atom stereocenters. The number of rotatable bonds is 5. The number of hydrogen-bond donors (Lipinski definition) is 1. The highest BCUT2D eigenvalue weighted by Gasteiger charge is 2.49. The number of hydrogen-bond acceptors (Lipinski definition) is 3. The Bertz CT molecular complexity index is 614. The van der Waals surface area contributed by atoms with Crippen LogP contribution < -0.4 is 5.32 Å². The molecule has 1 N–H and O–H groups in total. The maximum absolute atomic E-state index is 12.5. The Kier molecular flexibility index (Phi) is 6.03. The average Bonchev–Trinajstić information content (AvgIpc) is 2.59. The third-order valence-corrected chi connectivity index (χ3v) is 6.23. The Morgan fingerprint density at radius 3 is 2.73 bits per heavy atom. The molecule has 4 nitrogen and oxygen atoms in total. The standard InChI is InChI=1S/C22H33NO3/c1-15-5-8-17(9-6-15)20-14-22(3,23-21(24)11-12-25-4)18-10-7-16(2)13-19(18)26-20/h5-6,8-9,16,18-20H,7,10-14H2,1-4H3,(H,23,24)/t16-,18-,19-,20-,22-/m1/s1. The van der Waals surface area contributed by atoms with Gasteiger partial charge in [0, 0.05) is 31.4 Å². The number of amides is 1. The monoisotopic (exact) mass is 359 g/mol. The first-order valence-electron chi connectivity index (χ1n) is 9.93. The van der Waals surface area contributed by atoms with Crippen LogP contribution in [0.3, 0.4) is 0 Å². The molecule has 1 aromatic carbocycles. The molecule has 2 aliphatic rings. The zero-order valence-corrected chi connectivity index (χ0v) is 16.6. The Hall–Kier alpha value is -1.39. The number of fused-ring (bicyclic) bond motifs is 1. The highest BCUT2D eigenvalue weighted by Crippen LogP contribution is 2.47. The lowest BCUT2D eigenvalue weighted by atomic mass is 9.66. The summed E-state index contributed by atoms with van der Waals surface area (Å²) in [6, 6.07) is 8.62. The smallest absolute Gasteiger partial charge is 0.222 e. The minimum atomic E-state index is -0.233. The second-order valence-electron chi connectivity index (χ2n) is 8.51. The second-order valence-corrected chi connectivity index (χ2v) is 8.51. The second kappa shape index (κ2) is 8.10. The molecule has 1 aromatic rings. The van der Waals surface area contributed by atoms with Crippen molar-refractivity contribution < 1.29 is 14.3 Å². The molecule has 1 saturated heterocycles. The third-order valence-electron chi connectivity index (χ3n) is 6.23. The van der Waals surface area contributed by atoms with E-state index in [1.165, 1.54) is 17.5 Å². The molecule has 1 aliphatic carbocycles. The first-order chi connectivity index (χ1) is 12.4. The van der Waals surface area contributed by atoms with Crippen molar-refractivity contribution in [1.82, 2.24) is 5.32 Å². The molecule has 3 rings (SSSR count). The molecule has 2 fully saturated rings. The number of ether oxygens (including phenoxy) is 2. The van der Waals surface area contributed by atoms with Crippen LogP contribution in [0.1, 0.15) is 63.2 Å². The molecular weight excluding hydrogens is 326 g/mol. The SMILES string of the molecule is COCCC(=O)N[C@]1(C)C[C@H](c2ccc(C)cc2)O[C@@H]2C[C@H](C)CC[C@H]21. The highest BCUT2D eigenvalue weighted by molar-refractivity contribution is 5.77. The molecule has 0 spiro atoms. The maximum atomic E-state index is 12.5. The first kappa shape index (κ1) is 19.4. The van der Waals surface area contributed by atoms with E-state index in [9.17, 15) is 4.79 Å². The summed E-state index contributed by atoms with van der Waals surface area (Å²) < 4.78 is 11.6. The normalized spacial score (nSPS) is 34.2. The van der Waals surface area contributed by atoms with Crippen molar-refractivity contribution in [2.45, 2.75) is 70.6 Å². The van der Waals surface area contributed by atoms with Crippen molar-refractivity contribution in [3.63, 3.8) is 0 Å². The van der Waals surface area contributed by atoms with Crippen molar-refractivity contribution in [2.24, 2.45) is 11.8 Å². The summed E-state index contributed by atoms with van der Waals surface area (Å²) in [6.45, 7) is 7.09. The van der Waals surface area contributed by atoms with Gasteiger partial charge in [0.25, 0.3) is 0 Å². The van der Waals surface area contributed by atoms with Crippen molar-refractivity contribution in [2.75, 3.05) is 13.7 Å². The predicted octanol–water partition coefficient (Wildman–Crippen LogP) is 4.17. The highest BCUT2D eigenvalue weighted by atomic mass is 16.5. The molecule has 0 radical (unpaired) electrons. The van der Waals surface area contributed by atoms with Gasteiger partial charge < -0.3 is 14.8 Å². The Morgan fingerprint density at radius 1 is 1.31 bits per heavy atom. The molecule has 0 aromatic heterocycles. The van der Waals surface area contributed by atoms with Gasteiger partial charge in [-0.05, 0) is 38.2 Å². The van der Waals surface area contributed by atoms with Gasteiger partial charge in [-0.2, -0.15) is 0 Å². The predicted molar refractivity (Wildman–Crippen MR) is 103 cm³/mol. The Labute approximate surface area is 157 Å². The van der Waals surface area contributed by atoms with E-state index in [0.29, 0.717) is 24.9 Å². The van der Waals surface area contributed by atoms with Crippen molar-refractivity contribution in [1.29, 1.82) is 0 Å². The fourth-order valence-electron chi connectivity index (χ4n) is 4.70. The lowest BCUT2D eigenvalue weighted by Gasteiger charge is -2.52. The number of aryl methyl sites for hydroxylation is 1. The molecule has 1 aliphatic heterocycles. The zero-order valence-electron chi connectivity index (χ0n) is 16.6. The largest absolute Gasteiger partial charge is 0.384 e. The van der Waals surface area contributed by atoms with Crippen LogP contribution in [0.2, 0.25) is 0 Å². The van der Waals surface area contributed by atoms with E-state index in [-0.39, 0.29) is 23.7 Å². The van der Waals surface area contributed by atoms with Crippen molar-refractivity contribution in [3.8, 4) is 0 Å². The summed E-state index contributed by atoms with van der Waals surface area (Å²) in [5.74, 6) is 1.14. The number of methoxy groups -OCH3 is 1. The molecule has 1 saturated carbocycles. The van der Waals surface area contributed by atoms with Crippen LogP contribution in [0.4, 0.5) is 0 Å². The van der Waals surface area contributed by atoms with E-state index in [1.54, 1.807) is 7.11 Å². The van der Waals surface area contributed by atoms with E-state index >= 15 is 0 Å². The lowest BCUT2D eigenvalue weighted by Crippen LogP contribution is -2.60. The van der Waals surface area contributed by atoms with Gasteiger partial charge >= 0.3 is 0 Å². The minimum absolute atomic E-state index is 0.0369. The van der Waals surface area contributed by atoms with E-state index in [4.69, 9.17) is 9.47 Å². The first-order valence-corrected chi connectivity index (χ1v) is 9.93. The van der Waals surface area contributed by atoms with Gasteiger partial charge in [0.05, 0.1) is 18.8 Å². The third kappa shape index (κ3) is 4.29. The Balaban J connectivity index is 1.82. The lowest BCUT2D eigenvalue weighted by molar-refractivity contribution is -0.154. The molecule has 26 heavy (non-hydrogen) atoms. The van der Waals surface area contributed by atoms with Crippen LogP contribution in [0.15, 0.2) is 24.3 Å². The maximum Gasteiger partial charge on any atom is 0.222 e. The molecule has 4 heteroatoms. The van der Waals surface area contributed by atoms with Crippen LogP contribution >= 0.6 is 0 Å². The molecular formula is C22H33NO3. The van der Waals surface area contributed by atoms with Gasteiger partial charge in [-0.1, -0.05) is 43.2 Å². The topological polar surface area (TPSA) is 47.6 Å². The van der Waals surface area contributed by atoms with Gasteiger partial charge in [0.1, 0.15) is 0 Å². The number of carbonyl (C=O) groups is 1. The van der Waals surface area contributed by atoms with Crippen LogP contribution in [0.5, 0.6) is 0 Å². The summed E-state index contributed by atoms with van der Waals surface area (Å²) >= 11 is 0. The summed E-state index contributed by atoms with van der Waals surface area (Å²) in [4.78, 5) is 12.5.